The molecule has 0 spiro atoms. The van der Waals surface area contributed by atoms with E-state index in [1.165, 1.54) is 7.11 Å². The third-order valence-electron chi connectivity index (χ3n) is 4.74. The molecule has 2 aromatic carbocycles. The monoisotopic (exact) mass is 470 g/mol. The number of rotatable bonds is 8. The molecule has 0 aliphatic heterocycles. The summed E-state index contributed by atoms with van der Waals surface area (Å²) in [5, 5.41) is 12.5. The lowest BCUT2D eigenvalue weighted by molar-refractivity contribution is -0.144. The molecule has 2 aromatic heterocycles. The molecule has 2 heterocycles. The molecular weight excluding hydrogens is 452 g/mol. The Morgan fingerprint density at radius 1 is 1.19 bits per heavy atom. The first-order valence-electron chi connectivity index (χ1n) is 9.68. The summed E-state index contributed by atoms with van der Waals surface area (Å²) >= 11 is 6.97. The van der Waals surface area contributed by atoms with Gasteiger partial charge in [0.1, 0.15) is 6.04 Å². The third-order valence-corrected chi connectivity index (χ3v) is 5.81. The molecule has 10 heteroatoms. The number of halogens is 1. The van der Waals surface area contributed by atoms with E-state index in [1.807, 2.05) is 30.5 Å². The van der Waals surface area contributed by atoms with Crippen LogP contribution in [0.15, 0.2) is 64.4 Å². The number of thioether (sulfide) groups is 1. The number of aromatic amines is 1. The molecule has 0 radical (unpaired) electrons. The summed E-state index contributed by atoms with van der Waals surface area (Å²) < 4.78 is 10.5. The van der Waals surface area contributed by atoms with Gasteiger partial charge in [0.05, 0.1) is 12.9 Å². The Balaban J connectivity index is 1.37. The van der Waals surface area contributed by atoms with Crippen molar-refractivity contribution in [1.82, 2.24) is 20.5 Å². The van der Waals surface area contributed by atoms with E-state index < -0.39 is 12.0 Å². The Bertz CT molecular complexity index is 1240. The van der Waals surface area contributed by atoms with Crippen LogP contribution in [0.25, 0.3) is 22.4 Å². The van der Waals surface area contributed by atoms with Crippen molar-refractivity contribution in [2.24, 2.45) is 0 Å². The second-order valence-corrected chi connectivity index (χ2v) is 8.24. The second-order valence-electron chi connectivity index (χ2n) is 6.88. The minimum atomic E-state index is -0.820. The van der Waals surface area contributed by atoms with E-state index in [2.05, 4.69) is 20.5 Å². The van der Waals surface area contributed by atoms with E-state index in [1.54, 1.807) is 24.3 Å². The van der Waals surface area contributed by atoms with E-state index in [9.17, 15) is 9.59 Å². The Hall–Kier alpha value is -3.30. The number of nitrogens with zero attached hydrogens (tertiary/aromatic N) is 2. The van der Waals surface area contributed by atoms with Crippen molar-refractivity contribution >= 4 is 46.1 Å². The molecule has 1 amide bonds. The summed E-state index contributed by atoms with van der Waals surface area (Å²) in [5.41, 5.74) is 2.59. The molecule has 8 nitrogen and oxygen atoms in total. The van der Waals surface area contributed by atoms with Gasteiger partial charge in [0.15, 0.2) is 0 Å². The van der Waals surface area contributed by atoms with Crippen molar-refractivity contribution in [2.75, 3.05) is 12.9 Å². The highest BCUT2D eigenvalue weighted by Crippen LogP contribution is 2.24. The molecule has 0 bridgehead atoms. The molecule has 0 unspecified atom stereocenters. The van der Waals surface area contributed by atoms with Gasteiger partial charge in [-0.2, -0.15) is 0 Å². The highest BCUT2D eigenvalue weighted by atomic mass is 35.5. The van der Waals surface area contributed by atoms with Crippen LogP contribution in [0.3, 0.4) is 0 Å². The predicted octanol–water partition coefficient (Wildman–Crippen LogP) is 3.86. The fraction of sp³-hybridized carbons (Fsp3) is 0.182. The molecular formula is C22H19ClN4O4S. The second kappa shape index (κ2) is 9.88. The van der Waals surface area contributed by atoms with Crippen LogP contribution in [0.4, 0.5) is 0 Å². The average Bonchev–Trinajstić information content (AvgIpc) is 3.45. The Morgan fingerprint density at radius 2 is 1.97 bits per heavy atom. The molecule has 4 aromatic rings. The highest BCUT2D eigenvalue weighted by Gasteiger charge is 2.23. The minimum absolute atomic E-state index is 0.00360. The molecule has 0 fully saturated rings. The van der Waals surface area contributed by atoms with Gasteiger partial charge < -0.3 is 19.5 Å². The zero-order chi connectivity index (χ0) is 22.5. The first-order valence-corrected chi connectivity index (χ1v) is 11.0. The van der Waals surface area contributed by atoms with Crippen molar-refractivity contribution in [3.63, 3.8) is 0 Å². The van der Waals surface area contributed by atoms with E-state index in [4.69, 9.17) is 20.8 Å². The van der Waals surface area contributed by atoms with E-state index in [0.717, 1.165) is 33.8 Å². The summed E-state index contributed by atoms with van der Waals surface area (Å²) in [4.78, 5) is 27.9. The Labute approximate surface area is 192 Å². The third kappa shape index (κ3) is 5.12. The fourth-order valence-electron chi connectivity index (χ4n) is 3.20. The summed E-state index contributed by atoms with van der Waals surface area (Å²) in [7, 11) is 1.29. The number of ether oxygens (including phenoxy) is 1. The zero-order valence-electron chi connectivity index (χ0n) is 17.0. The van der Waals surface area contributed by atoms with Crippen LogP contribution in [0.5, 0.6) is 0 Å². The van der Waals surface area contributed by atoms with Gasteiger partial charge in [0.2, 0.25) is 11.8 Å². The smallest absolute Gasteiger partial charge is 0.328 e. The Kier molecular flexibility index (Phi) is 6.77. The minimum Gasteiger partial charge on any atom is -0.467 e. The average molecular weight is 471 g/mol. The van der Waals surface area contributed by atoms with E-state index in [-0.39, 0.29) is 16.9 Å². The van der Waals surface area contributed by atoms with Crippen molar-refractivity contribution in [3.8, 4) is 11.5 Å². The summed E-state index contributed by atoms with van der Waals surface area (Å²) in [6, 6.07) is 13.9. The first kappa shape index (κ1) is 21.9. The molecule has 32 heavy (non-hydrogen) atoms. The van der Waals surface area contributed by atoms with Crippen LogP contribution in [0.2, 0.25) is 5.02 Å². The standard InChI is InChI=1S/C22H19ClN4O4S/c1-30-21(29)18(10-14-11-24-17-5-3-2-4-16(14)17)25-19(28)12-32-22-27-26-20(31-22)13-6-8-15(23)9-7-13/h2-9,11,18,24H,10,12H2,1H3,(H,25,28)/t18-/m1/s1. The fourth-order valence-corrected chi connectivity index (χ4v) is 3.90. The van der Waals surface area contributed by atoms with Gasteiger partial charge in [-0.15, -0.1) is 10.2 Å². The molecule has 0 aliphatic rings. The number of amides is 1. The van der Waals surface area contributed by atoms with Crippen LogP contribution in [0.1, 0.15) is 5.56 Å². The molecule has 164 valence electrons. The van der Waals surface area contributed by atoms with E-state index >= 15 is 0 Å². The quantitative estimate of drug-likeness (QED) is 0.297. The number of esters is 1. The maximum absolute atomic E-state index is 12.5. The van der Waals surface area contributed by atoms with Gasteiger partial charge in [0.25, 0.3) is 5.22 Å². The molecule has 0 saturated carbocycles. The highest BCUT2D eigenvalue weighted by molar-refractivity contribution is 7.99. The van der Waals surface area contributed by atoms with Gasteiger partial charge in [-0.1, -0.05) is 41.6 Å². The lowest BCUT2D eigenvalue weighted by atomic mass is 10.0. The van der Waals surface area contributed by atoms with Crippen LogP contribution in [0, 0.1) is 0 Å². The van der Waals surface area contributed by atoms with Gasteiger partial charge in [-0.05, 0) is 35.9 Å². The van der Waals surface area contributed by atoms with Crippen molar-refractivity contribution in [1.29, 1.82) is 0 Å². The van der Waals surface area contributed by atoms with Gasteiger partial charge in [0, 0.05) is 34.1 Å². The van der Waals surface area contributed by atoms with Crippen LogP contribution < -0.4 is 5.32 Å². The number of nitrogens with one attached hydrogen (secondary N) is 2. The number of methoxy groups -OCH3 is 1. The van der Waals surface area contributed by atoms with E-state index in [0.29, 0.717) is 17.3 Å². The van der Waals surface area contributed by atoms with Crippen molar-refractivity contribution in [2.45, 2.75) is 17.7 Å². The molecule has 1 atom stereocenters. The van der Waals surface area contributed by atoms with Crippen molar-refractivity contribution in [3.05, 3.63) is 65.3 Å². The largest absolute Gasteiger partial charge is 0.467 e. The number of para-hydroxylation sites is 1. The van der Waals surface area contributed by atoms with Crippen LogP contribution >= 0.6 is 23.4 Å². The maximum atomic E-state index is 12.5. The topological polar surface area (TPSA) is 110 Å². The maximum Gasteiger partial charge on any atom is 0.328 e. The number of benzene rings is 2. The zero-order valence-corrected chi connectivity index (χ0v) is 18.6. The number of fused-ring (bicyclic) bond motifs is 1. The van der Waals surface area contributed by atoms with Crippen molar-refractivity contribution < 1.29 is 18.7 Å². The molecule has 0 aliphatic carbocycles. The Morgan fingerprint density at radius 3 is 2.75 bits per heavy atom. The molecule has 4 rings (SSSR count). The predicted molar refractivity (Wildman–Crippen MR) is 121 cm³/mol. The normalized spacial score (nSPS) is 11.9. The SMILES string of the molecule is COC(=O)[C@@H](Cc1c[nH]c2ccccc12)NC(=O)CSc1nnc(-c2ccc(Cl)cc2)o1. The summed E-state index contributed by atoms with van der Waals surface area (Å²) in [6.45, 7) is 0. The number of H-pyrrole nitrogens is 1. The summed E-state index contributed by atoms with van der Waals surface area (Å²) in [5.74, 6) is -0.534. The number of aromatic nitrogens is 3. The lowest BCUT2D eigenvalue weighted by Gasteiger charge is -2.16. The summed E-state index contributed by atoms with van der Waals surface area (Å²) in [6.07, 6.45) is 2.13. The van der Waals surface area contributed by atoms with Crippen LogP contribution in [-0.4, -0.2) is 46.0 Å². The van der Waals surface area contributed by atoms with Crippen LogP contribution in [-0.2, 0) is 20.7 Å². The lowest BCUT2D eigenvalue weighted by Crippen LogP contribution is -2.43. The number of hydrogen-bond donors (Lipinski definition) is 2. The van der Waals surface area contributed by atoms with Gasteiger partial charge >= 0.3 is 5.97 Å². The number of carbonyl (C=O) groups is 2. The first-order chi connectivity index (χ1) is 15.5. The molecule has 0 saturated heterocycles. The molecule has 2 N–H and O–H groups in total. The van der Waals surface area contributed by atoms with Gasteiger partial charge in [-0.3, -0.25) is 4.79 Å². The van der Waals surface area contributed by atoms with Gasteiger partial charge in [-0.25, -0.2) is 4.79 Å². The number of hydrogen-bond acceptors (Lipinski definition) is 7. The number of carbonyl (C=O) groups excluding carboxylic acids is 2.